The maximum Gasteiger partial charge on any atom is 0.330 e. The highest BCUT2D eigenvalue weighted by Gasteiger charge is 2.25. The second kappa shape index (κ2) is 10.5. The number of nitrogen functional groups attached to an aromatic ring is 1. The molecule has 4 N–H and O–H groups in total. The van der Waals surface area contributed by atoms with Gasteiger partial charge in [-0.15, -0.1) is 0 Å². The molecule has 0 saturated heterocycles. The average molecular weight is 442 g/mol. The van der Waals surface area contributed by atoms with Crippen LogP contribution < -0.4 is 27.2 Å². The molecule has 8 nitrogen and oxygen atoms in total. The predicted octanol–water partition coefficient (Wildman–Crippen LogP) is 2.58. The number of unbranched alkanes of at least 4 members (excludes halogenated alkanes) is 1. The van der Waals surface area contributed by atoms with Gasteiger partial charge in [-0.1, -0.05) is 51.5 Å². The molecule has 1 unspecified atom stereocenters. The van der Waals surface area contributed by atoms with Crippen molar-refractivity contribution >= 4 is 17.4 Å². The van der Waals surface area contributed by atoms with E-state index < -0.39 is 11.2 Å². The molecule has 1 aromatic carbocycles. The predicted molar refractivity (Wildman–Crippen MR) is 128 cm³/mol. The summed E-state index contributed by atoms with van der Waals surface area (Å²) in [4.78, 5) is 42.2. The van der Waals surface area contributed by atoms with Gasteiger partial charge in [0.25, 0.3) is 5.56 Å². The number of amides is 1. The molecule has 1 aromatic heterocycles. The third-order valence-electron chi connectivity index (χ3n) is 5.90. The number of nitrogens with one attached hydrogen (secondary N) is 2. The molecule has 3 rings (SSSR count). The Bertz CT molecular complexity index is 1060. The van der Waals surface area contributed by atoms with E-state index in [2.05, 4.69) is 22.4 Å². The Hall–Kier alpha value is -3.03. The van der Waals surface area contributed by atoms with Gasteiger partial charge >= 0.3 is 5.69 Å². The summed E-state index contributed by atoms with van der Waals surface area (Å²) in [5.41, 5.74) is 7.84. The molecule has 2 aromatic rings. The van der Waals surface area contributed by atoms with Crippen molar-refractivity contribution in [1.29, 1.82) is 0 Å². The quantitative estimate of drug-likeness (QED) is 0.554. The van der Waals surface area contributed by atoms with Crippen molar-refractivity contribution in [3.63, 3.8) is 0 Å². The second-order valence-corrected chi connectivity index (χ2v) is 8.98. The first-order valence-electron chi connectivity index (χ1n) is 11.6. The van der Waals surface area contributed by atoms with Crippen molar-refractivity contribution in [2.75, 3.05) is 23.7 Å². The van der Waals surface area contributed by atoms with Crippen LogP contribution in [0.2, 0.25) is 0 Å². The fourth-order valence-corrected chi connectivity index (χ4v) is 4.37. The van der Waals surface area contributed by atoms with Gasteiger partial charge in [0.05, 0.1) is 12.6 Å². The molecular formula is C24H35N5O3. The number of aryl methyl sites for hydroxylation is 1. The van der Waals surface area contributed by atoms with Crippen molar-refractivity contribution in [2.45, 2.75) is 65.5 Å². The van der Waals surface area contributed by atoms with Crippen molar-refractivity contribution in [1.82, 2.24) is 14.9 Å². The molecule has 1 atom stereocenters. The normalized spacial score (nSPS) is 15.4. The van der Waals surface area contributed by atoms with Crippen LogP contribution in [0.3, 0.4) is 0 Å². The number of nitrogens with zero attached hydrogens (tertiary/aromatic N) is 2. The lowest BCUT2D eigenvalue weighted by Gasteiger charge is -2.29. The first-order chi connectivity index (χ1) is 15.3. The minimum atomic E-state index is -0.556. The minimum absolute atomic E-state index is 0.00578. The molecule has 0 saturated carbocycles. The van der Waals surface area contributed by atoms with E-state index in [0.29, 0.717) is 13.1 Å². The van der Waals surface area contributed by atoms with Gasteiger partial charge in [-0.25, -0.2) is 4.79 Å². The van der Waals surface area contributed by atoms with E-state index in [0.717, 1.165) is 37.7 Å². The van der Waals surface area contributed by atoms with Gasteiger partial charge in [-0.2, -0.15) is 0 Å². The molecule has 0 radical (unpaired) electrons. The number of aromatic amines is 1. The summed E-state index contributed by atoms with van der Waals surface area (Å²) < 4.78 is 1.38. The van der Waals surface area contributed by atoms with Crippen molar-refractivity contribution in [2.24, 2.45) is 5.92 Å². The van der Waals surface area contributed by atoms with E-state index in [-0.39, 0.29) is 35.9 Å². The van der Waals surface area contributed by atoms with E-state index in [9.17, 15) is 14.4 Å². The van der Waals surface area contributed by atoms with Gasteiger partial charge in [-0.3, -0.25) is 19.1 Å². The number of hydrogen-bond donors (Lipinski definition) is 3. The first kappa shape index (κ1) is 23.6. The highest BCUT2D eigenvalue weighted by molar-refractivity contribution is 5.83. The SMILES string of the molecule is CCCCN(CC(=O)NC1CCCc2ccccc21)c1c(N)n(CC(C)C)c(=O)[nH]c1=O. The van der Waals surface area contributed by atoms with Crippen LogP contribution >= 0.6 is 0 Å². The number of aromatic nitrogens is 2. The summed E-state index contributed by atoms with van der Waals surface area (Å²) in [6.45, 7) is 6.89. The van der Waals surface area contributed by atoms with E-state index in [1.54, 1.807) is 4.90 Å². The Morgan fingerprint density at radius 1 is 1.31 bits per heavy atom. The van der Waals surface area contributed by atoms with Crippen LogP contribution in [0.5, 0.6) is 0 Å². The van der Waals surface area contributed by atoms with Crippen LogP contribution in [-0.4, -0.2) is 28.5 Å². The molecule has 0 aliphatic heterocycles. The number of hydrogen-bond acceptors (Lipinski definition) is 5. The molecule has 0 bridgehead atoms. The highest BCUT2D eigenvalue weighted by atomic mass is 16.2. The Labute approximate surface area is 188 Å². The fourth-order valence-electron chi connectivity index (χ4n) is 4.37. The number of nitrogens with two attached hydrogens (primary N) is 1. The summed E-state index contributed by atoms with van der Waals surface area (Å²) in [6.07, 6.45) is 4.63. The van der Waals surface area contributed by atoms with Crippen molar-refractivity contribution in [3.8, 4) is 0 Å². The number of fused-ring (bicyclic) bond motifs is 1. The number of rotatable bonds is 9. The molecule has 1 heterocycles. The maximum atomic E-state index is 13.0. The van der Waals surface area contributed by atoms with Gasteiger partial charge in [0.15, 0.2) is 0 Å². The highest BCUT2D eigenvalue weighted by Crippen LogP contribution is 2.29. The summed E-state index contributed by atoms with van der Waals surface area (Å²) in [7, 11) is 0. The largest absolute Gasteiger partial charge is 0.383 e. The maximum absolute atomic E-state index is 13.0. The zero-order chi connectivity index (χ0) is 23.3. The lowest BCUT2D eigenvalue weighted by molar-refractivity contribution is -0.120. The van der Waals surface area contributed by atoms with Crippen LogP contribution in [0.15, 0.2) is 33.9 Å². The van der Waals surface area contributed by atoms with Crippen LogP contribution in [0.4, 0.5) is 11.5 Å². The van der Waals surface area contributed by atoms with Gasteiger partial charge in [0.2, 0.25) is 5.91 Å². The lowest BCUT2D eigenvalue weighted by atomic mass is 9.88. The number of carbonyl (C=O) groups excluding carboxylic acids is 1. The van der Waals surface area contributed by atoms with Gasteiger partial charge in [0.1, 0.15) is 11.5 Å². The number of carbonyl (C=O) groups is 1. The van der Waals surface area contributed by atoms with Crippen LogP contribution in [0.25, 0.3) is 0 Å². The number of benzene rings is 1. The third kappa shape index (κ3) is 5.41. The molecular weight excluding hydrogens is 406 g/mol. The fraction of sp³-hybridized carbons (Fsp3) is 0.542. The van der Waals surface area contributed by atoms with Crippen LogP contribution in [0, 0.1) is 5.92 Å². The van der Waals surface area contributed by atoms with E-state index in [1.165, 1.54) is 10.1 Å². The Balaban J connectivity index is 1.86. The molecule has 1 aliphatic rings. The smallest absolute Gasteiger partial charge is 0.330 e. The minimum Gasteiger partial charge on any atom is -0.383 e. The summed E-state index contributed by atoms with van der Waals surface area (Å²) in [6, 6.07) is 8.16. The average Bonchev–Trinajstić information content (AvgIpc) is 2.74. The third-order valence-corrected chi connectivity index (χ3v) is 5.90. The summed E-state index contributed by atoms with van der Waals surface area (Å²) in [5.74, 6) is 0.120. The Morgan fingerprint density at radius 3 is 2.78 bits per heavy atom. The molecule has 174 valence electrons. The van der Waals surface area contributed by atoms with Crippen molar-refractivity contribution in [3.05, 3.63) is 56.2 Å². The summed E-state index contributed by atoms with van der Waals surface area (Å²) in [5, 5.41) is 3.15. The molecule has 1 aliphatic carbocycles. The monoisotopic (exact) mass is 441 g/mol. The van der Waals surface area contributed by atoms with Gasteiger partial charge in [-0.05, 0) is 42.7 Å². The van der Waals surface area contributed by atoms with E-state index in [4.69, 9.17) is 5.73 Å². The second-order valence-electron chi connectivity index (χ2n) is 8.98. The lowest BCUT2D eigenvalue weighted by Crippen LogP contribution is -2.44. The van der Waals surface area contributed by atoms with Crippen molar-refractivity contribution < 1.29 is 4.79 Å². The molecule has 8 heteroatoms. The Kier molecular flexibility index (Phi) is 7.77. The molecule has 32 heavy (non-hydrogen) atoms. The van der Waals surface area contributed by atoms with Gasteiger partial charge in [0, 0.05) is 13.1 Å². The Morgan fingerprint density at radius 2 is 2.06 bits per heavy atom. The zero-order valence-corrected chi connectivity index (χ0v) is 19.3. The topological polar surface area (TPSA) is 113 Å². The molecule has 0 spiro atoms. The summed E-state index contributed by atoms with van der Waals surface area (Å²) >= 11 is 0. The van der Waals surface area contributed by atoms with E-state index >= 15 is 0 Å². The van der Waals surface area contributed by atoms with Crippen LogP contribution in [0.1, 0.15) is 63.6 Å². The molecule has 0 fully saturated rings. The number of H-pyrrole nitrogens is 1. The standard InChI is InChI=1S/C24H35N5O3/c1-4-5-13-28(21-22(25)29(14-16(2)3)24(32)27-23(21)31)15-20(30)26-19-12-8-10-17-9-6-7-11-18(17)19/h6-7,9,11,16,19H,4-5,8,10,12-15,25H2,1-3H3,(H,26,30)(H,27,31,32). The number of anilines is 2. The molecule has 1 amide bonds. The zero-order valence-electron chi connectivity index (χ0n) is 19.3. The first-order valence-corrected chi connectivity index (χ1v) is 11.6. The van der Waals surface area contributed by atoms with Gasteiger partial charge < -0.3 is 16.0 Å². The van der Waals surface area contributed by atoms with Crippen LogP contribution in [-0.2, 0) is 17.8 Å². The van der Waals surface area contributed by atoms with E-state index in [1.807, 2.05) is 32.9 Å².